The largest absolute Gasteiger partial charge is 0.475 e. The maximum Gasteiger partial charge on any atom is 0.377 e. The second-order valence-corrected chi connectivity index (χ2v) is 2.88. The van der Waals surface area contributed by atoms with Crippen molar-refractivity contribution < 1.29 is 27.9 Å². The van der Waals surface area contributed by atoms with Crippen LogP contribution in [0.25, 0.3) is 0 Å². The van der Waals surface area contributed by atoms with E-state index in [0.717, 1.165) is 0 Å². The van der Waals surface area contributed by atoms with Gasteiger partial charge in [0.05, 0.1) is 5.02 Å². The van der Waals surface area contributed by atoms with Crippen LogP contribution in [0.4, 0.5) is 13.2 Å². The molecule has 0 bridgehead atoms. The molecular weight excluding hydrogens is 237 g/mol. The molecule has 15 heavy (non-hydrogen) atoms. The third-order valence-electron chi connectivity index (χ3n) is 1.53. The molecule has 0 aliphatic heterocycles. The maximum atomic E-state index is 13.0. The number of halogens is 4. The number of ketones is 1. The lowest BCUT2D eigenvalue weighted by molar-refractivity contribution is -0.131. The normalized spacial score (nSPS) is 10.1. The van der Waals surface area contributed by atoms with Gasteiger partial charge in [0.2, 0.25) is 0 Å². The molecule has 3 nitrogen and oxygen atoms in total. The number of hydrogen-bond acceptors (Lipinski definition) is 2. The quantitative estimate of drug-likeness (QED) is 0.487. The zero-order valence-electron chi connectivity index (χ0n) is 6.85. The van der Waals surface area contributed by atoms with Gasteiger partial charge >= 0.3 is 5.97 Å². The predicted octanol–water partition coefficient (Wildman–Crippen LogP) is 2.02. The first-order valence-corrected chi connectivity index (χ1v) is 3.84. The number of carbonyl (C=O) groups is 2. The smallest absolute Gasteiger partial charge is 0.377 e. The number of benzene rings is 1. The van der Waals surface area contributed by atoms with Crippen LogP contribution >= 0.6 is 11.6 Å². The molecule has 0 saturated carbocycles. The Bertz CT molecular complexity index is 433. The van der Waals surface area contributed by atoms with Crippen LogP contribution < -0.4 is 0 Å². The third kappa shape index (κ3) is 1.94. The summed E-state index contributed by atoms with van der Waals surface area (Å²) in [4.78, 5) is 21.0. The van der Waals surface area contributed by atoms with E-state index in [1.54, 1.807) is 0 Å². The molecule has 0 atom stereocenters. The molecule has 0 radical (unpaired) electrons. The number of rotatable bonds is 2. The highest BCUT2D eigenvalue weighted by molar-refractivity contribution is 6.40. The van der Waals surface area contributed by atoms with Crippen molar-refractivity contribution in [1.29, 1.82) is 0 Å². The van der Waals surface area contributed by atoms with Crippen molar-refractivity contribution in [2.24, 2.45) is 0 Å². The Morgan fingerprint density at radius 2 is 1.73 bits per heavy atom. The van der Waals surface area contributed by atoms with Crippen LogP contribution in [0.5, 0.6) is 0 Å². The van der Waals surface area contributed by atoms with Gasteiger partial charge in [0, 0.05) is 0 Å². The van der Waals surface area contributed by atoms with Gasteiger partial charge in [-0.1, -0.05) is 11.6 Å². The molecule has 1 aromatic carbocycles. The minimum Gasteiger partial charge on any atom is -0.475 e. The van der Waals surface area contributed by atoms with Gasteiger partial charge in [0.1, 0.15) is 5.56 Å². The van der Waals surface area contributed by atoms with Crippen LogP contribution in [0.2, 0.25) is 5.02 Å². The van der Waals surface area contributed by atoms with Crippen molar-refractivity contribution in [2.75, 3.05) is 0 Å². The second kappa shape index (κ2) is 3.90. The van der Waals surface area contributed by atoms with Gasteiger partial charge in [-0.25, -0.2) is 18.0 Å². The zero-order chi connectivity index (χ0) is 11.7. The Kier molecular flexibility index (Phi) is 2.99. The average Bonchev–Trinajstić information content (AvgIpc) is 2.15. The average molecular weight is 239 g/mol. The highest BCUT2D eigenvalue weighted by Gasteiger charge is 2.27. The molecule has 1 rings (SSSR count). The lowest BCUT2D eigenvalue weighted by Crippen LogP contribution is -2.17. The van der Waals surface area contributed by atoms with Gasteiger partial charge < -0.3 is 5.11 Å². The Hall–Kier alpha value is -1.56. The summed E-state index contributed by atoms with van der Waals surface area (Å²) in [7, 11) is 0. The van der Waals surface area contributed by atoms with Crippen molar-refractivity contribution in [3.8, 4) is 0 Å². The van der Waals surface area contributed by atoms with Crippen LogP contribution in [-0.2, 0) is 4.79 Å². The van der Waals surface area contributed by atoms with Crippen LogP contribution in [-0.4, -0.2) is 16.9 Å². The Balaban J connectivity index is 3.53. The molecule has 0 aliphatic rings. The monoisotopic (exact) mass is 238 g/mol. The molecule has 7 heteroatoms. The van der Waals surface area contributed by atoms with Gasteiger partial charge in [-0.05, 0) is 6.07 Å². The fourth-order valence-corrected chi connectivity index (χ4v) is 1.07. The molecule has 0 amide bonds. The lowest BCUT2D eigenvalue weighted by atomic mass is 10.1. The summed E-state index contributed by atoms with van der Waals surface area (Å²) < 4.78 is 38.6. The maximum absolute atomic E-state index is 13.0. The summed E-state index contributed by atoms with van der Waals surface area (Å²) >= 11 is 5.11. The number of hydrogen-bond donors (Lipinski definition) is 1. The van der Waals surface area contributed by atoms with E-state index in [4.69, 9.17) is 16.7 Å². The molecule has 0 fully saturated rings. The molecule has 0 spiro atoms. The fraction of sp³-hybridized carbons (Fsp3) is 0. The Morgan fingerprint density at radius 1 is 1.20 bits per heavy atom. The number of carbonyl (C=O) groups excluding carboxylic acids is 1. The summed E-state index contributed by atoms with van der Waals surface area (Å²) in [6, 6.07) is 0.310. The number of carboxylic acids is 1. The zero-order valence-corrected chi connectivity index (χ0v) is 7.61. The lowest BCUT2D eigenvalue weighted by Gasteiger charge is -2.03. The van der Waals surface area contributed by atoms with Crippen LogP contribution in [0.1, 0.15) is 10.4 Å². The Morgan fingerprint density at radius 3 is 2.20 bits per heavy atom. The first-order valence-electron chi connectivity index (χ1n) is 3.47. The van der Waals surface area contributed by atoms with Crippen molar-refractivity contribution in [2.45, 2.75) is 0 Å². The minimum atomic E-state index is -2.10. The van der Waals surface area contributed by atoms with E-state index in [-0.39, 0.29) is 0 Å². The summed E-state index contributed by atoms with van der Waals surface area (Å²) in [6.07, 6.45) is 0. The molecule has 1 N–H and O–H groups in total. The molecule has 0 aliphatic carbocycles. The third-order valence-corrected chi connectivity index (χ3v) is 1.81. The van der Waals surface area contributed by atoms with Gasteiger partial charge in [-0.2, -0.15) is 0 Å². The second-order valence-electron chi connectivity index (χ2n) is 2.48. The highest BCUT2D eigenvalue weighted by Crippen LogP contribution is 2.24. The summed E-state index contributed by atoms with van der Waals surface area (Å²) in [6.45, 7) is 0. The van der Waals surface area contributed by atoms with Gasteiger partial charge in [0.25, 0.3) is 5.78 Å². The standard InChI is InChI=1S/C8H2ClF3O3/c9-2-1-3(10)6(12)4(5(2)11)7(13)8(14)15/h1H,(H,14,15). The fourth-order valence-electron chi connectivity index (χ4n) is 0.879. The molecular formula is C8H2ClF3O3. The molecule has 0 unspecified atom stereocenters. The first-order chi connectivity index (χ1) is 6.86. The summed E-state index contributed by atoms with van der Waals surface area (Å²) in [5, 5.41) is 7.36. The van der Waals surface area contributed by atoms with Crippen molar-refractivity contribution in [3.05, 3.63) is 34.1 Å². The number of carboxylic acid groups (broad SMARTS) is 1. The van der Waals surface area contributed by atoms with E-state index in [0.29, 0.717) is 6.07 Å². The van der Waals surface area contributed by atoms with Gasteiger partial charge in [0.15, 0.2) is 17.5 Å². The van der Waals surface area contributed by atoms with E-state index >= 15 is 0 Å². The van der Waals surface area contributed by atoms with Gasteiger partial charge in [-0.3, -0.25) is 4.79 Å². The SMILES string of the molecule is O=C(O)C(=O)c1c(F)c(F)cc(Cl)c1F. The number of Topliss-reactive ketones (excluding diaryl/α,β-unsaturated/α-hetero) is 1. The van der Waals surface area contributed by atoms with E-state index in [2.05, 4.69) is 0 Å². The van der Waals surface area contributed by atoms with E-state index in [1.807, 2.05) is 0 Å². The van der Waals surface area contributed by atoms with Crippen molar-refractivity contribution in [3.63, 3.8) is 0 Å². The molecule has 0 heterocycles. The molecule has 80 valence electrons. The summed E-state index contributed by atoms with van der Waals surface area (Å²) in [5.74, 6) is -9.06. The van der Waals surface area contributed by atoms with E-state index < -0.39 is 39.8 Å². The summed E-state index contributed by atoms with van der Waals surface area (Å²) in [5.41, 5.74) is -1.51. The molecule has 0 aromatic heterocycles. The van der Waals surface area contributed by atoms with Crippen LogP contribution in [0.15, 0.2) is 6.07 Å². The molecule has 0 saturated heterocycles. The number of aliphatic carboxylic acids is 1. The van der Waals surface area contributed by atoms with E-state index in [1.165, 1.54) is 0 Å². The van der Waals surface area contributed by atoms with Crippen molar-refractivity contribution >= 4 is 23.4 Å². The molecule has 1 aromatic rings. The first kappa shape index (κ1) is 11.5. The van der Waals surface area contributed by atoms with E-state index in [9.17, 15) is 22.8 Å². The highest BCUT2D eigenvalue weighted by atomic mass is 35.5. The Labute approximate surface area is 86.1 Å². The van der Waals surface area contributed by atoms with Crippen LogP contribution in [0, 0.1) is 17.5 Å². The van der Waals surface area contributed by atoms with Gasteiger partial charge in [-0.15, -0.1) is 0 Å². The topological polar surface area (TPSA) is 54.4 Å². The van der Waals surface area contributed by atoms with Crippen LogP contribution in [0.3, 0.4) is 0 Å². The predicted molar refractivity (Wildman–Crippen MR) is 43.3 cm³/mol. The van der Waals surface area contributed by atoms with Crippen molar-refractivity contribution in [1.82, 2.24) is 0 Å². The minimum absolute atomic E-state index is 0.310.